The van der Waals surface area contributed by atoms with Crippen molar-refractivity contribution in [3.8, 4) is 0 Å². The summed E-state index contributed by atoms with van der Waals surface area (Å²) >= 11 is 0. The molecule has 7 heteroatoms. The second-order valence-corrected chi connectivity index (χ2v) is 7.06. The van der Waals surface area contributed by atoms with Gasteiger partial charge in [-0.1, -0.05) is 19.9 Å². The molecule has 124 valence electrons. The number of nitrogens with one attached hydrogen (secondary N) is 1. The Morgan fingerprint density at radius 3 is 2.41 bits per heavy atom. The molecule has 0 bridgehead atoms. The van der Waals surface area contributed by atoms with Crippen LogP contribution in [0.1, 0.15) is 36.7 Å². The van der Waals surface area contributed by atoms with Gasteiger partial charge < -0.3 is 10.4 Å². The molecule has 1 aromatic rings. The van der Waals surface area contributed by atoms with E-state index in [0.717, 1.165) is 0 Å². The van der Waals surface area contributed by atoms with Crippen molar-refractivity contribution in [2.45, 2.75) is 38.7 Å². The van der Waals surface area contributed by atoms with E-state index in [1.54, 1.807) is 33.8 Å². The van der Waals surface area contributed by atoms with Crippen LogP contribution in [0, 0.1) is 6.92 Å². The quantitative estimate of drug-likeness (QED) is 0.786. The molecular formula is C15H24N2O4S. The van der Waals surface area contributed by atoms with Crippen LogP contribution >= 0.6 is 0 Å². The Bertz CT molecular complexity index is 622. The molecule has 0 radical (unpaired) electrons. The topological polar surface area (TPSA) is 86.7 Å². The maximum atomic E-state index is 12.5. The zero-order valence-corrected chi connectivity index (χ0v) is 14.3. The lowest BCUT2D eigenvalue weighted by Gasteiger charge is -2.19. The van der Waals surface area contributed by atoms with E-state index < -0.39 is 22.0 Å². The molecular weight excluding hydrogens is 304 g/mol. The van der Waals surface area contributed by atoms with Crippen LogP contribution < -0.4 is 5.32 Å². The first-order valence-corrected chi connectivity index (χ1v) is 8.75. The van der Waals surface area contributed by atoms with E-state index in [4.69, 9.17) is 0 Å². The maximum Gasteiger partial charge on any atom is 0.251 e. The van der Waals surface area contributed by atoms with Crippen LogP contribution in [-0.2, 0) is 10.0 Å². The van der Waals surface area contributed by atoms with Crippen LogP contribution in [0.3, 0.4) is 0 Å². The summed E-state index contributed by atoms with van der Waals surface area (Å²) in [6, 6.07) is 4.52. The van der Waals surface area contributed by atoms with Crippen LogP contribution in [0.25, 0.3) is 0 Å². The Kier molecular flexibility index (Phi) is 6.52. The van der Waals surface area contributed by atoms with E-state index >= 15 is 0 Å². The SMILES string of the molecule is CCN(CC)S(=O)(=O)c1ccc(C)c(C(=O)NCC(C)O)c1. The number of amides is 1. The molecule has 0 aliphatic carbocycles. The van der Waals surface area contributed by atoms with Gasteiger partial charge in [-0.25, -0.2) is 8.42 Å². The normalized spacial score (nSPS) is 13.2. The monoisotopic (exact) mass is 328 g/mol. The molecule has 0 saturated heterocycles. The van der Waals surface area contributed by atoms with E-state index in [1.165, 1.54) is 16.4 Å². The molecule has 0 fully saturated rings. The molecule has 0 spiro atoms. The number of carbonyl (C=O) groups is 1. The smallest absolute Gasteiger partial charge is 0.251 e. The van der Waals surface area contributed by atoms with Crippen molar-refractivity contribution in [3.63, 3.8) is 0 Å². The third-order valence-electron chi connectivity index (χ3n) is 3.35. The lowest BCUT2D eigenvalue weighted by Crippen LogP contribution is -2.32. The van der Waals surface area contributed by atoms with Crippen LogP contribution in [0.4, 0.5) is 0 Å². The van der Waals surface area contributed by atoms with Crippen LogP contribution in [0.2, 0.25) is 0 Å². The highest BCUT2D eigenvalue weighted by Crippen LogP contribution is 2.19. The number of aliphatic hydroxyl groups excluding tert-OH is 1. The number of rotatable bonds is 7. The van der Waals surface area contributed by atoms with Gasteiger partial charge in [0, 0.05) is 25.2 Å². The summed E-state index contributed by atoms with van der Waals surface area (Å²) < 4.78 is 26.3. The second kappa shape index (κ2) is 7.71. The third kappa shape index (κ3) is 4.28. The minimum atomic E-state index is -3.60. The van der Waals surface area contributed by atoms with Gasteiger partial charge in [0.2, 0.25) is 10.0 Å². The molecule has 22 heavy (non-hydrogen) atoms. The van der Waals surface area contributed by atoms with Gasteiger partial charge in [-0.3, -0.25) is 4.79 Å². The van der Waals surface area contributed by atoms with E-state index in [-0.39, 0.29) is 11.4 Å². The highest BCUT2D eigenvalue weighted by Gasteiger charge is 2.23. The van der Waals surface area contributed by atoms with Crippen molar-refractivity contribution >= 4 is 15.9 Å². The summed E-state index contributed by atoms with van der Waals surface area (Å²) in [5.74, 6) is -0.394. The van der Waals surface area contributed by atoms with Gasteiger partial charge in [-0.05, 0) is 31.5 Å². The second-order valence-electron chi connectivity index (χ2n) is 5.13. The molecule has 1 unspecified atom stereocenters. The Hall–Kier alpha value is -1.44. The molecule has 1 aromatic carbocycles. The fourth-order valence-electron chi connectivity index (χ4n) is 2.05. The standard InChI is InChI=1S/C15H24N2O4S/c1-5-17(6-2)22(20,21)13-8-7-11(3)14(9-13)15(19)16-10-12(4)18/h7-9,12,18H,5-6,10H2,1-4H3,(H,16,19). The van der Waals surface area contributed by atoms with Crippen LogP contribution in [0.15, 0.2) is 23.1 Å². The van der Waals surface area contributed by atoms with Crippen molar-refractivity contribution in [1.29, 1.82) is 0 Å². The average Bonchev–Trinajstić information content (AvgIpc) is 2.45. The summed E-state index contributed by atoms with van der Waals surface area (Å²) in [5, 5.41) is 11.8. The van der Waals surface area contributed by atoms with Crippen molar-refractivity contribution < 1.29 is 18.3 Å². The van der Waals surface area contributed by atoms with Gasteiger partial charge in [0.15, 0.2) is 0 Å². The molecule has 2 N–H and O–H groups in total. The maximum absolute atomic E-state index is 12.5. The van der Waals surface area contributed by atoms with E-state index in [2.05, 4.69) is 5.32 Å². The zero-order valence-electron chi connectivity index (χ0n) is 13.5. The number of nitrogens with zero attached hydrogens (tertiary/aromatic N) is 1. The molecule has 0 saturated carbocycles. The minimum absolute atomic E-state index is 0.101. The first-order chi connectivity index (χ1) is 10.2. The molecule has 1 rings (SSSR count). The predicted molar refractivity (Wildman–Crippen MR) is 85.3 cm³/mol. The highest BCUT2D eigenvalue weighted by atomic mass is 32.2. The van der Waals surface area contributed by atoms with Gasteiger partial charge in [-0.2, -0.15) is 4.31 Å². The number of aryl methyl sites for hydroxylation is 1. The summed E-state index contributed by atoms with van der Waals surface area (Å²) in [5.41, 5.74) is 0.982. The van der Waals surface area contributed by atoms with Crippen LogP contribution in [-0.4, -0.2) is 49.5 Å². The summed E-state index contributed by atoms with van der Waals surface area (Å²) in [4.78, 5) is 12.2. The van der Waals surface area contributed by atoms with E-state index in [0.29, 0.717) is 24.2 Å². The van der Waals surface area contributed by atoms with Gasteiger partial charge in [0.25, 0.3) is 5.91 Å². The summed E-state index contributed by atoms with van der Waals surface area (Å²) in [6.45, 7) is 7.70. The number of hydrogen-bond acceptors (Lipinski definition) is 4. The summed E-state index contributed by atoms with van der Waals surface area (Å²) in [7, 11) is -3.60. The Morgan fingerprint density at radius 1 is 1.32 bits per heavy atom. The lowest BCUT2D eigenvalue weighted by atomic mass is 10.1. The van der Waals surface area contributed by atoms with Crippen molar-refractivity contribution in [2.75, 3.05) is 19.6 Å². The fourth-order valence-corrected chi connectivity index (χ4v) is 3.54. The molecule has 0 aliphatic rings. The average molecular weight is 328 g/mol. The van der Waals surface area contributed by atoms with Crippen molar-refractivity contribution in [2.24, 2.45) is 0 Å². The number of carbonyl (C=O) groups excluding carboxylic acids is 1. The Labute approximate surface area is 132 Å². The highest BCUT2D eigenvalue weighted by molar-refractivity contribution is 7.89. The van der Waals surface area contributed by atoms with Crippen molar-refractivity contribution in [1.82, 2.24) is 9.62 Å². The van der Waals surface area contributed by atoms with E-state index in [1.807, 2.05) is 0 Å². The third-order valence-corrected chi connectivity index (χ3v) is 5.40. The lowest BCUT2D eigenvalue weighted by molar-refractivity contribution is 0.0923. The Morgan fingerprint density at radius 2 is 1.91 bits per heavy atom. The fraction of sp³-hybridized carbons (Fsp3) is 0.533. The Balaban J connectivity index is 3.16. The molecule has 0 aliphatic heterocycles. The molecule has 6 nitrogen and oxygen atoms in total. The van der Waals surface area contributed by atoms with Gasteiger partial charge in [-0.15, -0.1) is 0 Å². The molecule has 1 amide bonds. The first-order valence-electron chi connectivity index (χ1n) is 7.31. The van der Waals surface area contributed by atoms with Crippen molar-refractivity contribution in [3.05, 3.63) is 29.3 Å². The first kappa shape index (κ1) is 18.6. The number of benzene rings is 1. The molecule has 0 heterocycles. The van der Waals surface area contributed by atoms with Gasteiger partial charge in [0.05, 0.1) is 11.0 Å². The summed E-state index contributed by atoms with van der Waals surface area (Å²) in [6.07, 6.45) is -0.660. The number of hydrogen-bond donors (Lipinski definition) is 2. The number of sulfonamides is 1. The van der Waals surface area contributed by atoms with Gasteiger partial charge >= 0.3 is 0 Å². The van der Waals surface area contributed by atoms with Gasteiger partial charge in [0.1, 0.15) is 0 Å². The molecule has 0 aromatic heterocycles. The van der Waals surface area contributed by atoms with Crippen LogP contribution in [0.5, 0.6) is 0 Å². The predicted octanol–water partition coefficient (Wildman–Crippen LogP) is 1.14. The minimum Gasteiger partial charge on any atom is -0.392 e. The number of aliphatic hydroxyl groups is 1. The molecule has 1 atom stereocenters. The van der Waals surface area contributed by atoms with E-state index in [9.17, 15) is 18.3 Å². The zero-order chi connectivity index (χ0) is 16.9. The largest absolute Gasteiger partial charge is 0.392 e.